The summed E-state index contributed by atoms with van der Waals surface area (Å²) in [5, 5.41) is 4.27. The smallest absolute Gasteiger partial charge is 0.278 e. The first kappa shape index (κ1) is 12.9. The summed E-state index contributed by atoms with van der Waals surface area (Å²) in [5.41, 5.74) is 9.56. The van der Waals surface area contributed by atoms with Gasteiger partial charge < -0.3 is 10.6 Å². The zero-order chi connectivity index (χ0) is 14.3. The lowest BCUT2D eigenvalue weighted by Crippen LogP contribution is -2.46. The van der Waals surface area contributed by atoms with Gasteiger partial charge in [0.05, 0.1) is 0 Å². The molecule has 1 aliphatic heterocycles. The molecule has 2 N–H and O–H groups in total. The minimum Gasteiger partial charge on any atom is -0.326 e. The van der Waals surface area contributed by atoms with E-state index < -0.39 is 0 Å². The number of anilines is 1. The number of nitrogens with zero attached hydrogens (tertiary/aromatic N) is 3. The Morgan fingerprint density at radius 1 is 1.40 bits per heavy atom. The number of carbonyl (C=O) groups is 1. The number of nitrogens with two attached hydrogens (primary N) is 1. The van der Waals surface area contributed by atoms with Gasteiger partial charge >= 0.3 is 0 Å². The molecule has 20 heavy (non-hydrogen) atoms. The van der Waals surface area contributed by atoms with Crippen molar-refractivity contribution in [2.75, 3.05) is 11.4 Å². The van der Waals surface area contributed by atoms with Crippen LogP contribution in [-0.4, -0.2) is 28.3 Å². The minimum atomic E-state index is -0.0868. The van der Waals surface area contributed by atoms with Crippen molar-refractivity contribution in [1.29, 1.82) is 0 Å². The molecule has 104 valence electrons. The average Bonchev–Trinajstić information content (AvgIpc) is 2.77. The molecule has 1 atom stereocenters. The van der Waals surface area contributed by atoms with Gasteiger partial charge in [0, 0.05) is 31.0 Å². The molecule has 0 fully saturated rings. The van der Waals surface area contributed by atoms with Crippen molar-refractivity contribution in [3.8, 4) is 0 Å². The monoisotopic (exact) mass is 270 g/mol. The van der Waals surface area contributed by atoms with Gasteiger partial charge in [-0.3, -0.25) is 9.48 Å². The maximum atomic E-state index is 12.7. The maximum Gasteiger partial charge on any atom is 0.278 e. The highest BCUT2D eigenvalue weighted by Gasteiger charge is 2.28. The van der Waals surface area contributed by atoms with Crippen LogP contribution in [0.5, 0.6) is 0 Å². The molecule has 2 aromatic rings. The van der Waals surface area contributed by atoms with Crippen LogP contribution in [0.4, 0.5) is 5.69 Å². The van der Waals surface area contributed by atoms with E-state index in [4.69, 9.17) is 5.73 Å². The van der Waals surface area contributed by atoms with Crippen molar-refractivity contribution in [1.82, 2.24) is 9.78 Å². The number of hydrogen-bond donors (Lipinski definition) is 1. The SMILES string of the molecule is Cc1cc(C(=O)N2CC(N)Cc3ccccc32)nn1C. The van der Waals surface area contributed by atoms with Crippen LogP contribution in [0.3, 0.4) is 0 Å². The largest absolute Gasteiger partial charge is 0.326 e. The van der Waals surface area contributed by atoms with Gasteiger partial charge in [0.1, 0.15) is 0 Å². The molecule has 1 unspecified atom stereocenters. The number of aromatic nitrogens is 2. The second-order valence-electron chi connectivity index (χ2n) is 5.30. The number of amides is 1. The van der Waals surface area contributed by atoms with E-state index >= 15 is 0 Å². The second kappa shape index (κ2) is 4.76. The van der Waals surface area contributed by atoms with Crippen LogP contribution in [0.1, 0.15) is 21.7 Å². The van der Waals surface area contributed by atoms with Crippen molar-refractivity contribution in [2.24, 2.45) is 12.8 Å². The highest BCUT2D eigenvalue weighted by molar-refractivity contribution is 6.05. The Labute approximate surface area is 118 Å². The lowest BCUT2D eigenvalue weighted by atomic mass is 9.98. The van der Waals surface area contributed by atoms with Gasteiger partial charge in [-0.05, 0) is 31.0 Å². The molecule has 3 rings (SSSR count). The lowest BCUT2D eigenvalue weighted by Gasteiger charge is -2.32. The van der Waals surface area contributed by atoms with Crippen LogP contribution in [0, 0.1) is 6.92 Å². The Morgan fingerprint density at radius 2 is 2.15 bits per heavy atom. The highest BCUT2D eigenvalue weighted by Crippen LogP contribution is 2.27. The Kier molecular flexibility index (Phi) is 3.06. The number of carbonyl (C=O) groups excluding carboxylic acids is 1. The van der Waals surface area contributed by atoms with E-state index in [2.05, 4.69) is 5.10 Å². The fourth-order valence-corrected chi connectivity index (χ4v) is 2.62. The number of fused-ring (bicyclic) bond motifs is 1. The zero-order valence-electron chi connectivity index (χ0n) is 11.7. The van der Waals surface area contributed by atoms with Crippen molar-refractivity contribution in [3.63, 3.8) is 0 Å². The lowest BCUT2D eigenvalue weighted by molar-refractivity contribution is 0.0978. The van der Waals surface area contributed by atoms with Crippen LogP contribution in [0.15, 0.2) is 30.3 Å². The predicted octanol–water partition coefficient (Wildman–Crippen LogP) is 1.26. The van der Waals surface area contributed by atoms with Crippen LogP contribution in [-0.2, 0) is 13.5 Å². The molecule has 1 aromatic carbocycles. The fourth-order valence-electron chi connectivity index (χ4n) is 2.62. The molecular weight excluding hydrogens is 252 g/mol. The zero-order valence-corrected chi connectivity index (χ0v) is 11.7. The summed E-state index contributed by atoms with van der Waals surface area (Å²) in [7, 11) is 1.84. The molecular formula is C15H18N4O. The van der Waals surface area contributed by atoms with Gasteiger partial charge in [-0.15, -0.1) is 0 Å². The van der Waals surface area contributed by atoms with Gasteiger partial charge in [-0.1, -0.05) is 18.2 Å². The van der Waals surface area contributed by atoms with Gasteiger partial charge in [0.25, 0.3) is 5.91 Å². The standard InChI is InChI=1S/C15H18N4O/c1-10-7-13(17-18(10)2)15(20)19-9-12(16)8-11-5-3-4-6-14(11)19/h3-7,12H,8-9,16H2,1-2H3. The van der Waals surface area contributed by atoms with E-state index in [1.807, 2.05) is 44.3 Å². The van der Waals surface area contributed by atoms with Gasteiger partial charge in [0.15, 0.2) is 5.69 Å². The molecule has 0 bridgehead atoms. The maximum absolute atomic E-state index is 12.7. The first-order chi connectivity index (χ1) is 9.56. The van der Waals surface area contributed by atoms with E-state index in [0.29, 0.717) is 12.2 Å². The van der Waals surface area contributed by atoms with E-state index in [-0.39, 0.29) is 11.9 Å². The Morgan fingerprint density at radius 3 is 2.85 bits per heavy atom. The Hall–Kier alpha value is -2.14. The molecule has 5 nitrogen and oxygen atoms in total. The minimum absolute atomic E-state index is 0.0290. The third-order valence-electron chi connectivity index (χ3n) is 3.76. The molecule has 1 aromatic heterocycles. The number of aryl methyl sites for hydroxylation is 2. The molecule has 0 saturated heterocycles. The van der Waals surface area contributed by atoms with Crippen molar-refractivity contribution >= 4 is 11.6 Å². The van der Waals surface area contributed by atoms with Crippen molar-refractivity contribution in [2.45, 2.75) is 19.4 Å². The second-order valence-corrected chi connectivity index (χ2v) is 5.30. The third-order valence-corrected chi connectivity index (χ3v) is 3.76. The molecule has 1 aliphatic rings. The summed E-state index contributed by atoms with van der Waals surface area (Å²) < 4.78 is 1.71. The van der Waals surface area contributed by atoms with Crippen LogP contribution >= 0.6 is 0 Å². The molecule has 0 radical (unpaired) electrons. The number of rotatable bonds is 1. The molecule has 0 saturated carbocycles. The number of benzene rings is 1. The number of para-hydroxylation sites is 1. The van der Waals surface area contributed by atoms with Gasteiger partial charge in [-0.25, -0.2) is 0 Å². The normalized spacial score (nSPS) is 17.9. The molecule has 2 heterocycles. The first-order valence-electron chi connectivity index (χ1n) is 6.72. The van der Waals surface area contributed by atoms with Gasteiger partial charge in [0.2, 0.25) is 0 Å². The summed E-state index contributed by atoms with van der Waals surface area (Å²) in [6, 6.07) is 9.70. The molecule has 0 aliphatic carbocycles. The highest BCUT2D eigenvalue weighted by atomic mass is 16.2. The Balaban J connectivity index is 1.99. The van der Waals surface area contributed by atoms with E-state index in [0.717, 1.165) is 23.4 Å². The van der Waals surface area contributed by atoms with Crippen molar-refractivity contribution in [3.05, 3.63) is 47.3 Å². The molecule has 0 spiro atoms. The fraction of sp³-hybridized carbons (Fsp3) is 0.333. The molecule has 1 amide bonds. The van der Waals surface area contributed by atoms with E-state index in [1.165, 1.54) is 0 Å². The topological polar surface area (TPSA) is 64.2 Å². The molecule has 5 heteroatoms. The third kappa shape index (κ3) is 2.10. The summed E-state index contributed by atoms with van der Waals surface area (Å²) in [5.74, 6) is -0.0868. The van der Waals surface area contributed by atoms with Crippen LogP contribution in [0.25, 0.3) is 0 Å². The quantitative estimate of drug-likeness (QED) is 0.848. The predicted molar refractivity (Wildman–Crippen MR) is 77.7 cm³/mol. The Bertz CT molecular complexity index is 642. The average molecular weight is 270 g/mol. The summed E-state index contributed by atoms with van der Waals surface area (Å²) >= 11 is 0. The van der Waals surface area contributed by atoms with Crippen molar-refractivity contribution < 1.29 is 4.79 Å². The summed E-state index contributed by atoms with van der Waals surface area (Å²) in [6.45, 7) is 2.46. The van der Waals surface area contributed by atoms with Crippen LogP contribution in [0.2, 0.25) is 0 Å². The number of hydrogen-bond acceptors (Lipinski definition) is 3. The van der Waals surface area contributed by atoms with Gasteiger partial charge in [-0.2, -0.15) is 5.10 Å². The summed E-state index contributed by atoms with van der Waals surface area (Å²) in [4.78, 5) is 14.4. The van der Waals surface area contributed by atoms with E-state index in [1.54, 1.807) is 9.58 Å². The first-order valence-corrected chi connectivity index (χ1v) is 6.72. The summed E-state index contributed by atoms with van der Waals surface area (Å²) in [6.07, 6.45) is 0.807. The van der Waals surface area contributed by atoms with Crippen LogP contribution < -0.4 is 10.6 Å². The van der Waals surface area contributed by atoms with E-state index in [9.17, 15) is 4.79 Å².